The van der Waals surface area contributed by atoms with Crippen LogP contribution in [0.4, 0.5) is 10.5 Å². The van der Waals surface area contributed by atoms with Gasteiger partial charge in [-0.05, 0) is 69.9 Å². The summed E-state index contributed by atoms with van der Waals surface area (Å²) < 4.78 is 46.8. The number of quaternary nitrogens is 1. The maximum absolute atomic E-state index is 14.0. The summed E-state index contributed by atoms with van der Waals surface area (Å²) in [6.45, 7) is 9.27. The Kier molecular flexibility index (Phi) is 10.4. The van der Waals surface area contributed by atoms with Gasteiger partial charge in [0.05, 0.1) is 43.9 Å². The molecule has 0 radical (unpaired) electrons. The van der Waals surface area contributed by atoms with Crippen LogP contribution >= 0.6 is 0 Å². The second-order valence-corrected chi connectivity index (χ2v) is 14.7. The molecule has 238 valence electrons. The molecule has 1 amide bonds. The molecule has 2 aromatic rings. The highest BCUT2D eigenvalue weighted by atomic mass is 32.2. The van der Waals surface area contributed by atoms with Gasteiger partial charge in [-0.3, -0.25) is 0 Å². The number of carboxylic acid groups (broad SMARTS) is 1. The van der Waals surface area contributed by atoms with E-state index in [1.807, 2.05) is 32.9 Å². The van der Waals surface area contributed by atoms with Crippen LogP contribution in [0.3, 0.4) is 0 Å². The molecule has 0 saturated carbocycles. The Labute approximate surface area is 256 Å². The van der Waals surface area contributed by atoms with E-state index in [9.17, 15) is 18.3 Å². The van der Waals surface area contributed by atoms with Crippen LogP contribution in [0.5, 0.6) is 5.75 Å². The third kappa shape index (κ3) is 7.51. The number of sulfonamides is 1. The van der Waals surface area contributed by atoms with Crippen molar-refractivity contribution in [2.24, 2.45) is 0 Å². The lowest BCUT2D eigenvalue weighted by atomic mass is 9.87. The van der Waals surface area contributed by atoms with Crippen molar-refractivity contribution in [1.29, 1.82) is 0 Å². The predicted molar refractivity (Wildman–Crippen MR) is 166 cm³/mol. The van der Waals surface area contributed by atoms with E-state index in [4.69, 9.17) is 14.2 Å². The molecule has 1 fully saturated rings. The summed E-state index contributed by atoms with van der Waals surface area (Å²) in [5.41, 5.74) is 2.30. The van der Waals surface area contributed by atoms with Crippen molar-refractivity contribution >= 4 is 21.8 Å². The molecule has 1 N–H and O–H groups in total. The molecule has 4 rings (SSSR count). The van der Waals surface area contributed by atoms with Gasteiger partial charge in [-0.15, -0.1) is 0 Å². The van der Waals surface area contributed by atoms with E-state index in [0.717, 1.165) is 42.1 Å². The standard InChI is InChI=1S/C32H47N3O7S/c1-24-8-13-28(14-9-24)43(38,39)34-22-27(12-11-26(34)21-32(2,3)35(4,5)31(36)37)42-23-25-10-15-30-29(20-25)33(17-19-41-30)16-7-18-40-6/h8-10,13-15,20,26-27H,7,11-12,16-19,21-23H2,1-6H3/p+1. The average molecular weight is 619 g/mol. The van der Waals surface area contributed by atoms with Crippen molar-refractivity contribution in [2.75, 3.05) is 59.0 Å². The maximum Gasteiger partial charge on any atom is 0.513 e. The Balaban J connectivity index is 1.52. The molecule has 0 spiro atoms. The predicted octanol–water partition coefficient (Wildman–Crippen LogP) is 4.89. The second kappa shape index (κ2) is 13.5. The molecule has 2 aromatic carbocycles. The third-order valence-corrected chi connectivity index (χ3v) is 11.1. The number of hydrogen-bond donors (Lipinski definition) is 1. The summed E-state index contributed by atoms with van der Waals surface area (Å²) >= 11 is 0. The molecule has 0 bridgehead atoms. The molecule has 0 aliphatic carbocycles. The first-order chi connectivity index (χ1) is 20.3. The Bertz CT molecular complexity index is 1360. The van der Waals surface area contributed by atoms with Gasteiger partial charge in [-0.1, -0.05) is 23.8 Å². The van der Waals surface area contributed by atoms with Crippen LogP contribution in [-0.2, 0) is 26.1 Å². The van der Waals surface area contributed by atoms with Crippen LogP contribution < -0.4 is 9.64 Å². The first-order valence-corrected chi connectivity index (χ1v) is 16.5. The number of ether oxygens (including phenoxy) is 3. The number of methoxy groups -OCH3 is 1. The molecule has 2 aliphatic rings. The highest BCUT2D eigenvalue weighted by Gasteiger charge is 2.48. The maximum atomic E-state index is 14.0. The first-order valence-electron chi connectivity index (χ1n) is 15.0. The number of anilines is 1. The normalized spacial score (nSPS) is 20.0. The van der Waals surface area contributed by atoms with Gasteiger partial charge in [-0.25, -0.2) is 12.9 Å². The Morgan fingerprint density at radius 2 is 1.86 bits per heavy atom. The summed E-state index contributed by atoms with van der Waals surface area (Å²) in [4.78, 5) is 14.6. The quantitative estimate of drug-likeness (QED) is 0.265. The Morgan fingerprint density at radius 3 is 2.53 bits per heavy atom. The topological polar surface area (TPSA) is 106 Å². The fourth-order valence-corrected chi connectivity index (χ4v) is 7.45. The molecule has 2 unspecified atom stereocenters. The van der Waals surface area contributed by atoms with Gasteiger partial charge in [0.15, 0.2) is 0 Å². The summed E-state index contributed by atoms with van der Waals surface area (Å²) in [5.74, 6) is 0.855. The Morgan fingerprint density at radius 1 is 1.14 bits per heavy atom. The number of aryl methyl sites for hydroxylation is 1. The molecule has 43 heavy (non-hydrogen) atoms. The van der Waals surface area contributed by atoms with Crippen molar-refractivity contribution in [3.05, 3.63) is 53.6 Å². The van der Waals surface area contributed by atoms with Gasteiger partial charge in [0.1, 0.15) is 17.9 Å². The summed E-state index contributed by atoms with van der Waals surface area (Å²) in [6.07, 6.45) is 1.32. The lowest BCUT2D eigenvalue weighted by molar-refractivity contribution is -0.869. The van der Waals surface area contributed by atoms with E-state index in [1.165, 1.54) is 0 Å². The number of benzene rings is 2. The second-order valence-electron chi connectivity index (χ2n) is 12.8. The zero-order chi connectivity index (χ0) is 31.4. The third-order valence-electron chi connectivity index (χ3n) is 9.21. The number of hydrogen-bond acceptors (Lipinski definition) is 7. The van der Waals surface area contributed by atoms with Crippen LogP contribution in [0.2, 0.25) is 0 Å². The van der Waals surface area contributed by atoms with Crippen molar-refractivity contribution in [1.82, 2.24) is 4.31 Å². The molecular formula is C32H48N3O7S+. The summed E-state index contributed by atoms with van der Waals surface area (Å²) in [6, 6.07) is 12.6. The zero-order valence-corrected chi connectivity index (χ0v) is 27.2. The van der Waals surface area contributed by atoms with Crippen molar-refractivity contribution in [3.63, 3.8) is 0 Å². The van der Waals surface area contributed by atoms with Crippen LogP contribution in [-0.4, -0.2) is 100 Å². The lowest BCUT2D eigenvalue weighted by Gasteiger charge is -2.45. The SMILES string of the molecule is COCCCN1CCOc2ccc(COC3CCC(CC(C)(C)[N+](C)(C)C(=O)O)N(S(=O)(=O)c4ccc(C)cc4)C3)cc21. The van der Waals surface area contributed by atoms with Gasteiger partial charge in [-0.2, -0.15) is 9.10 Å². The van der Waals surface area contributed by atoms with E-state index in [1.54, 1.807) is 49.8 Å². The molecule has 0 aromatic heterocycles. The minimum atomic E-state index is -3.85. The smallest absolute Gasteiger partial charge is 0.490 e. The first kappa shape index (κ1) is 33.2. The highest BCUT2D eigenvalue weighted by Crippen LogP contribution is 2.36. The van der Waals surface area contributed by atoms with Crippen LogP contribution in [0.25, 0.3) is 0 Å². The Hall–Kier alpha value is -2.70. The fraction of sp³-hybridized carbons (Fsp3) is 0.594. The number of nitrogens with zero attached hydrogens (tertiary/aromatic N) is 3. The average Bonchev–Trinajstić information content (AvgIpc) is 2.96. The van der Waals surface area contributed by atoms with Crippen LogP contribution in [0.1, 0.15) is 50.7 Å². The lowest BCUT2D eigenvalue weighted by Crippen LogP contribution is -2.62. The number of fused-ring (bicyclic) bond motifs is 1. The monoisotopic (exact) mass is 618 g/mol. The molecule has 2 heterocycles. The van der Waals surface area contributed by atoms with Gasteiger partial charge < -0.3 is 24.2 Å². The molecular weight excluding hydrogens is 570 g/mol. The largest absolute Gasteiger partial charge is 0.513 e. The van der Waals surface area contributed by atoms with Gasteiger partial charge in [0.25, 0.3) is 0 Å². The molecule has 10 nitrogen and oxygen atoms in total. The van der Waals surface area contributed by atoms with Crippen LogP contribution in [0, 0.1) is 6.92 Å². The number of carbonyl (C=O) groups is 1. The minimum Gasteiger partial charge on any atom is -0.490 e. The molecule has 2 aliphatic heterocycles. The minimum absolute atomic E-state index is 0.203. The van der Waals surface area contributed by atoms with Crippen molar-refractivity contribution < 1.29 is 37.0 Å². The van der Waals surface area contributed by atoms with E-state index >= 15 is 0 Å². The molecule has 2 atom stereocenters. The van der Waals surface area contributed by atoms with Crippen LogP contribution in [0.15, 0.2) is 47.4 Å². The van der Waals surface area contributed by atoms with E-state index in [2.05, 4.69) is 11.0 Å². The van der Waals surface area contributed by atoms with E-state index in [0.29, 0.717) is 39.1 Å². The van der Waals surface area contributed by atoms with E-state index in [-0.39, 0.29) is 28.1 Å². The van der Waals surface area contributed by atoms with E-state index < -0.39 is 21.7 Å². The number of piperidine rings is 1. The zero-order valence-electron chi connectivity index (χ0n) is 26.4. The summed E-state index contributed by atoms with van der Waals surface area (Å²) in [7, 11) is 1.16. The van der Waals surface area contributed by atoms with Gasteiger partial charge in [0, 0.05) is 39.3 Å². The van der Waals surface area contributed by atoms with Gasteiger partial charge >= 0.3 is 6.09 Å². The van der Waals surface area contributed by atoms with Crippen molar-refractivity contribution in [2.45, 2.75) is 75.6 Å². The highest BCUT2D eigenvalue weighted by molar-refractivity contribution is 7.89. The molecule has 11 heteroatoms. The number of amides is 1. The fourth-order valence-electron chi connectivity index (χ4n) is 5.76. The van der Waals surface area contributed by atoms with Gasteiger partial charge in [0.2, 0.25) is 10.0 Å². The number of rotatable bonds is 12. The summed E-state index contributed by atoms with van der Waals surface area (Å²) in [5, 5.41) is 9.90. The van der Waals surface area contributed by atoms with Crippen molar-refractivity contribution in [3.8, 4) is 5.75 Å². The molecule has 1 saturated heterocycles.